The molecule has 0 atom stereocenters. The molecule has 5 nitrogen and oxygen atoms in total. The fourth-order valence-electron chi connectivity index (χ4n) is 1.94. The second-order valence-electron chi connectivity index (χ2n) is 4.24. The van der Waals surface area contributed by atoms with Gasteiger partial charge in [0.05, 0.1) is 6.61 Å². The van der Waals surface area contributed by atoms with Gasteiger partial charge >= 0.3 is 5.63 Å². The first-order valence-corrected chi connectivity index (χ1v) is 6.99. The minimum Gasteiger partial charge on any atom is -0.422 e. The van der Waals surface area contributed by atoms with Crippen LogP contribution in [-0.4, -0.2) is 35.6 Å². The van der Waals surface area contributed by atoms with Crippen LogP contribution >= 0.6 is 15.9 Å². The topological polar surface area (TPSA) is 70.8 Å². The molecule has 0 unspecified atom stereocenters. The van der Waals surface area contributed by atoms with Crippen molar-refractivity contribution in [2.75, 3.05) is 19.7 Å². The van der Waals surface area contributed by atoms with Crippen LogP contribution in [0.3, 0.4) is 0 Å². The van der Waals surface area contributed by atoms with E-state index in [1.54, 1.807) is 25.1 Å². The molecule has 1 N–H and O–H groups in total. The van der Waals surface area contributed by atoms with Crippen LogP contribution in [0.25, 0.3) is 11.0 Å². The number of aliphatic hydroxyl groups excluding tert-OH is 1. The van der Waals surface area contributed by atoms with Gasteiger partial charge in [0, 0.05) is 22.9 Å². The third-order valence-corrected chi connectivity index (χ3v) is 3.46. The van der Waals surface area contributed by atoms with Crippen molar-refractivity contribution in [3.05, 3.63) is 44.7 Å². The van der Waals surface area contributed by atoms with Crippen molar-refractivity contribution in [2.45, 2.75) is 6.92 Å². The van der Waals surface area contributed by atoms with Gasteiger partial charge in [0.1, 0.15) is 11.1 Å². The number of carbonyl (C=O) groups excluding carboxylic acids is 1. The lowest BCUT2D eigenvalue weighted by molar-refractivity contribution is 0.0728. The summed E-state index contributed by atoms with van der Waals surface area (Å²) in [6, 6.07) is 6.73. The molecule has 106 valence electrons. The Hall–Kier alpha value is -1.66. The van der Waals surface area contributed by atoms with E-state index in [-0.39, 0.29) is 18.7 Å². The summed E-state index contributed by atoms with van der Waals surface area (Å²) < 4.78 is 5.99. The maximum absolute atomic E-state index is 12.3. The summed E-state index contributed by atoms with van der Waals surface area (Å²) in [6.07, 6.45) is 0. The van der Waals surface area contributed by atoms with E-state index in [4.69, 9.17) is 9.52 Å². The number of halogens is 1. The highest BCUT2D eigenvalue weighted by Crippen LogP contribution is 2.19. The number of hydrogen-bond acceptors (Lipinski definition) is 4. The van der Waals surface area contributed by atoms with Crippen LogP contribution < -0.4 is 5.63 Å². The molecule has 0 saturated heterocycles. The summed E-state index contributed by atoms with van der Waals surface area (Å²) in [4.78, 5) is 25.6. The fourth-order valence-corrected chi connectivity index (χ4v) is 2.32. The first-order chi connectivity index (χ1) is 9.56. The minimum absolute atomic E-state index is 0.0223. The maximum atomic E-state index is 12.3. The van der Waals surface area contributed by atoms with Crippen LogP contribution in [0.5, 0.6) is 0 Å². The summed E-state index contributed by atoms with van der Waals surface area (Å²) in [5.41, 5.74) is -0.257. The Morgan fingerprint density at radius 3 is 2.80 bits per heavy atom. The standard InChI is InChI=1S/C14H14BrNO4/c1-2-16(5-6-17)13(18)11-8-9-7-10(15)3-4-12(9)20-14(11)19/h3-4,7-8,17H,2,5-6H2,1H3. The quantitative estimate of drug-likeness (QED) is 0.865. The minimum atomic E-state index is -0.666. The van der Waals surface area contributed by atoms with Crippen molar-refractivity contribution in [1.29, 1.82) is 0 Å². The normalized spacial score (nSPS) is 10.8. The number of carbonyl (C=O) groups is 1. The first-order valence-electron chi connectivity index (χ1n) is 6.20. The largest absolute Gasteiger partial charge is 0.422 e. The predicted molar refractivity (Wildman–Crippen MR) is 78.8 cm³/mol. The lowest BCUT2D eigenvalue weighted by atomic mass is 10.1. The average molecular weight is 340 g/mol. The van der Waals surface area contributed by atoms with Crippen LogP contribution in [0.4, 0.5) is 0 Å². The lowest BCUT2D eigenvalue weighted by Gasteiger charge is -2.18. The summed E-state index contributed by atoms with van der Waals surface area (Å²) in [7, 11) is 0. The molecule has 0 fully saturated rings. The van der Waals surface area contributed by atoms with E-state index < -0.39 is 11.5 Å². The van der Waals surface area contributed by atoms with E-state index in [9.17, 15) is 9.59 Å². The molecule has 1 aromatic carbocycles. The van der Waals surface area contributed by atoms with Crippen LogP contribution in [-0.2, 0) is 0 Å². The number of benzene rings is 1. The van der Waals surface area contributed by atoms with Crippen molar-refractivity contribution < 1.29 is 14.3 Å². The third-order valence-electron chi connectivity index (χ3n) is 2.96. The SMILES string of the molecule is CCN(CCO)C(=O)c1cc2cc(Br)ccc2oc1=O. The second-order valence-corrected chi connectivity index (χ2v) is 5.15. The van der Waals surface area contributed by atoms with Crippen molar-refractivity contribution in [3.8, 4) is 0 Å². The predicted octanol–water partition coefficient (Wildman–Crippen LogP) is 2.01. The Bertz CT molecular complexity index is 695. The molecule has 20 heavy (non-hydrogen) atoms. The Labute approximate surface area is 123 Å². The zero-order chi connectivity index (χ0) is 14.7. The van der Waals surface area contributed by atoms with Gasteiger partial charge in [-0.2, -0.15) is 0 Å². The maximum Gasteiger partial charge on any atom is 0.349 e. The molecule has 1 aromatic heterocycles. The fraction of sp³-hybridized carbons (Fsp3) is 0.286. The highest BCUT2D eigenvalue weighted by molar-refractivity contribution is 9.10. The molecular weight excluding hydrogens is 326 g/mol. The van der Waals surface area contributed by atoms with E-state index in [1.165, 1.54) is 11.0 Å². The average Bonchev–Trinajstić information content (AvgIpc) is 2.43. The number of nitrogens with zero attached hydrogens (tertiary/aromatic N) is 1. The van der Waals surface area contributed by atoms with Gasteiger partial charge in [-0.15, -0.1) is 0 Å². The Morgan fingerprint density at radius 2 is 2.15 bits per heavy atom. The zero-order valence-corrected chi connectivity index (χ0v) is 12.5. The molecule has 0 aliphatic carbocycles. The Morgan fingerprint density at radius 1 is 1.40 bits per heavy atom. The molecule has 0 aliphatic heterocycles. The molecule has 0 aliphatic rings. The molecule has 1 amide bonds. The van der Waals surface area contributed by atoms with Gasteiger partial charge in [-0.05, 0) is 31.2 Å². The van der Waals surface area contributed by atoms with Gasteiger partial charge in [-0.3, -0.25) is 4.79 Å². The highest BCUT2D eigenvalue weighted by Gasteiger charge is 2.19. The summed E-state index contributed by atoms with van der Waals surface area (Å²) in [5.74, 6) is -0.433. The van der Waals surface area contributed by atoms with Crippen LogP contribution in [0, 0.1) is 0 Å². The van der Waals surface area contributed by atoms with Crippen molar-refractivity contribution in [1.82, 2.24) is 4.90 Å². The second kappa shape index (κ2) is 6.19. The third kappa shape index (κ3) is 2.91. The molecule has 2 aromatic rings. The van der Waals surface area contributed by atoms with Crippen LogP contribution in [0.2, 0.25) is 0 Å². The highest BCUT2D eigenvalue weighted by atomic mass is 79.9. The first kappa shape index (κ1) is 14.7. The molecular formula is C14H14BrNO4. The summed E-state index contributed by atoms with van der Waals surface area (Å²) >= 11 is 3.33. The van der Waals surface area contributed by atoms with Gasteiger partial charge in [0.2, 0.25) is 0 Å². The van der Waals surface area contributed by atoms with Crippen LogP contribution in [0.1, 0.15) is 17.3 Å². The molecule has 0 radical (unpaired) electrons. The van der Waals surface area contributed by atoms with Gasteiger partial charge in [-0.25, -0.2) is 4.79 Å². The lowest BCUT2D eigenvalue weighted by Crippen LogP contribution is -2.35. The number of fused-ring (bicyclic) bond motifs is 1. The monoisotopic (exact) mass is 339 g/mol. The van der Waals surface area contributed by atoms with E-state index in [0.717, 1.165) is 4.47 Å². The van der Waals surface area contributed by atoms with Crippen LogP contribution in [0.15, 0.2) is 37.9 Å². The number of amides is 1. The van der Waals surface area contributed by atoms with Gasteiger partial charge in [-0.1, -0.05) is 15.9 Å². The number of likely N-dealkylation sites (N-methyl/N-ethyl adjacent to an activating group) is 1. The Kier molecular flexibility index (Phi) is 4.57. The summed E-state index contributed by atoms with van der Waals surface area (Å²) in [5, 5.41) is 9.61. The molecule has 0 spiro atoms. The smallest absolute Gasteiger partial charge is 0.349 e. The number of aliphatic hydroxyl groups is 1. The van der Waals surface area contributed by atoms with Gasteiger partial charge in [0.15, 0.2) is 0 Å². The Balaban J connectivity index is 2.50. The summed E-state index contributed by atoms with van der Waals surface area (Å²) in [6.45, 7) is 2.23. The van der Waals surface area contributed by atoms with Gasteiger partial charge in [0.25, 0.3) is 5.91 Å². The van der Waals surface area contributed by atoms with Crippen molar-refractivity contribution in [3.63, 3.8) is 0 Å². The molecule has 6 heteroatoms. The molecule has 2 rings (SSSR count). The number of hydrogen-bond donors (Lipinski definition) is 1. The van der Waals surface area contributed by atoms with E-state index in [0.29, 0.717) is 17.5 Å². The van der Waals surface area contributed by atoms with E-state index in [1.807, 2.05) is 0 Å². The van der Waals surface area contributed by atoms with E-state index in [2.05, 4.69) is 15.9 Å². The van der Waals surface area contributed by atoms with Crippen molar-refractivity contribution >= 4 is 32.8 Å². The van der Waals surface area contributed by atoms with Crippen molar-refractivity contribution in [2.24, 2.45) is 0 Å². The van der Waals surface area contributed by atoms with Gasteiger partial charge < -0.3 is 14.4 Å². The molecule has 0 bridgehead atoms. The number of rotatable bonds is 4. The van der Waals surface area contributed by atoms with E-state index >= 15 is 0 Å². The zero-order valence-electron chi connectivity index (χ0n) is 10.9. The molecule has 0 saturated carbocycles. The molecule has 1 heterocycles.